The molecule has 0 radical (unpaired) electrons. The van der Waals surface area contributed by atoms with E-state index in [0.717, 1.165) is 17.4 Å². The molecule has 0 aliphatic rings. The quantitative estimate of drug-likeness (QED) is 0.250. The van der Waals surface area contributed by atoms with Crippen molar-refractivity contribution >= 4 is 27.5 Å². The van der Waals surface area contributed by atoms with E-state index in [1.54, 1.807) is 36.4 Å². The van der Waals surface area contributed by atoms with E-state index in [4.69, 9.17) is 21.0 Å². The fourth-order valence-corrected chi connectivity index (χ4v) is 3.25. The molecule has 0 amide bonds. The minimum absolute atomic E-state index is 0.0249. The zero-order chi connectivity index (χ0) is 21.4. The molecule has 0 aromatic heterocycles. The molecule has 9 heteroatoms. The smallest absolute Gasteiger partial charge is 0.303 e. The highest BCUT2D eigenvalue weighted by molar-refractivity contribution is 7.92. The molecule has 0 aliphatic heterocycles. The molecule has 0 spiro atoms. The summed E-state index contributed by atoms with van der Waals surface area (Å²) < 4.78 is 31.7. The molecule has 5 N–H and O–H groups in total. The van der Waals surface area contributed by atoms with Crippen molar-refractivity contribution in [1.82, 2.24) is 0 Å². The molecule has 2 aromatic rings. The molecule has 156 valence electrons. The number of carbonyl (C=O) groups is 1. The number of hydrogen-bond acceptors (Lipinski definition) is 5. The van der Waals surface area contributed by atoms with Crippen LogP contribution in [0.4, 0.5) is 5.69 Å². The van der Waals surface area contributed by atoms with Crippen molar-refractivity contribution in [2.75, 3.05) is 17.6 Å². The van der Waals surface area contributed by atoms with Crippen LogP contribution in [0.5, 0.6) is 5.75 Å². The Labute approximate surface area is 170 Å². The van der Waals surface area contributed by atoms with Gasteiger partial charge < -0.3 is 15.6 Å². The topological polar surface area (TPSA) is 143 Å². The Morgan fingerprint density at radius 1 is 1.10 bits per heavy atom. The van der Waals surface area contributed by atoms with Gasteiger partial charge in [-0.25, -0.2) is 8.42 Å². The maximum Gasteiger partial charge on any atom is 0.303 e. The molecule has 0 heterocycles. The Bertz CT molecular complexity index is 972. The van der Waals surface area contributed by atoms with Crippen LogP contribution >= 0.6 is 0 Å². The summed E-state index contributed by atoms with van der Waals surface area (Å²) in [4.78, 5) is 10.5. The van der Waals surface area contributed by atoms with Crippen LogP contribution in [0.1, 0.15) is 31.2 Å². The van der Waals surface area contributed by atoms with Crippen LogP contribution in [-0.2, 0) is 14.8 Å². The summed E-state index contributed by atoms with van der Waals surface area (Å²) in [5.41, 5.74) is 8.01. The first-order valence-electron chi connectivity index (χ1n) is 9.07. The van der Waals surface area contributed by atoms with Crippen molar-refractivity contribution in [2.24, 2.45) is 5.73 Å². The molecule has 0 fully saturated rings. The lowest BCUT2D eigenvalue weighted by Gasteiger charge is -2.14. The van der Waals surface area contributed by atoms with Gasteiger partial charge in [0.1, 0.15) is 11.6 Å². The number of sulfonamides is 1. The van der Waals surface area contributed by atoms with E-state index < -0.39 is 16.0 Å². The van der Waals surface area contributed by atoms with Crippen molar-refractivity contribution in [2.45, 2.75) is 25.7 Å². The highest BCUT2D eigenvalue weighted by atomic mass is 32.2. The first kappa shape index (κ1) is 22.2. The number of benzene rings is 2. The van der Waals surface area contributed by atoms with Crippen LogP contribution in [0.3, 0.4) is 0 Å². The third-order valence-electron chi connectivity index (χ3n) is 4.10. The summed E-state index contributed by atoms with van der Waals surface area (Å²) in [7, 11) is -3.51. The molecule has 0 saturated carbocycles. The van der Waals surface area contributed by atoms with E-state index in [9.17, 15) is 13.2 Å². The molecule has 0 aliphatic carbocycles. The Kier molecular flexibility index (Phi) is 7.60. The second-order valence-electron chi connectivity index (χ2n) is 6.63. The van der Waals surface area contributed by atoms with Crippen molar-refractivity contribution in [3.63, 3.8) is 0 Å². The van der Waals surface area contributed by atoms with E-state index >= 15 is 0 Å². The number of carboxylic acid groups (broad SMARTS) is 1. The Morgan fingerprint density at radius 3 is 2.34 bits per heavy atom. The normalized spacial score (nSPS) is 11.1. The Morgan fingerprint density at radius 2 is 1.76 bits per heavy atom. The predicted octanol–water partition coefficient (Wildman–Crippen LogP) is 3.03. The van der Waals surface area contributed by atoms with E-state index in [1.165, 1.54) is 0 Å². The number of ether oxygens (including phenoxy) is 1. The molecule has 8 nitrogen and oxygen atoms in total. The molecule has 0 unspecified atom stereocenters. The highest BCUT2D eigenvalue weighted by Crippen LogP contribution is 2.32. The Hall–Kier alpha value is -3.07. The lowest BCUT2D eigenvalue weighted by Crippen LogP contribution is -2.11. The van der Waals surface area contributed by atoms with Gasteiger partial charge in [0.05, 0.1) is 18.6 Å². The summed E-state index contributed by atoms with van der Waals surface area (Å²) in [6.07, 6.45) is 3.14. The first-order chi connectivity index (χ1) is 13.7. The van der Waals surface area contributed by atoms with Gasteiger partial charge in [-0.1, -0.05) is 30.3 Å². The first-order valence-corrected chi connectivity index (χ1v) is 11.0. The molecule has 0 atom stereocenters. The number of nitrogens with two attached hydrogens (primary N) is 1. The van der Waals surface area contributed by atoms with Gasteiger partial charge in [-0.2, -0.15) is 0 Å². The summed E-state index contributed by atoms with van der Waals surface area (Å²) in [6, 6.07) is 12.3. The fraction of sp³-hybridized carbons (Fsp3) is 0.300. The van der Waals surface area contributed by atoms with Crippen LogP contribution < -0.4 is 15.2 Å². The summed E-state index contributed by atoms with van der Waals surface area (Å²) >= 11 is 0. The third-order valence-corrected chi connectivity index (χ3v) is 4.69. The van der Waals surface area contributed by atoms with Crippen LogP contribution in [0.25, 0.3) is 11.1 Å². The molecule has 0 saturated heterocycles. The van der Waals surface area contributed by atoms with E-state index in [-0.39, 0.29) is 12.3 Å². The fourth-order valence-electron chi connectivity index (χ4n) is 2.69. The number of anilines is 1. The monoisotopic (exact) mass is 419 g/mol. The van der Waals surface area contributed by atoms with Crippen LogP contribution in [0.2, 0.25) is 0 Å². The van der Waals surface area contributed by atoms with Crippen molar-refractivity contribution in [3.05, 3.63) is 48.0 Å². The van der Waals surface area contributed by atoms with Gasteiger partial charge in [0.15, 0.2) is 0 Å². The SMILES string of the molecule is CS(=O)(=O)Nc1cc(-c2ccc(C(=N)N)cc2)ccc1OCCCCCC(=O)O. The summed E-state index contributed by atoms with van der Waals surface area (Å²) in [5.74, 6) is -0.446. The van der Waals surface area contributed by atoms with Gasteiger partial charge in [0.2, 0.25) is 10.0 Å². The minimum Gasteiger partial charge on any atom is -0.491 e. The standard InChI is InChI=1S/C20H25N3O5S/c1-29(26,27)23-17-13-16(14-6-8-15(9-7-14)20(21)22)10-11-18(17)28-12-4-2-3-5-19(24)25/h6-11,13,23H,2-5,12H2,1H3,(H3,21,22)(H,24,25). The number of carboxylic acids is 1. The lowest BCUT2D eigenvalue weighted by atomic mass is 10.0. The minimum atomic E-state index is -3.51. The van der Waals surface area contributed by atoms with E-state index in [1.807, 2.05) is 6.07 Å². The zero-order valence-electron chi connectivity index (χ0n) is 16.1. The second-order valence-corrected chi connectivity index (χ2v) is 8.38. The molecule has 2 aromatic carbocycles. The number of hydrogen-bond donors (Lipinski definition) is 4. The van der Waals surface area contributed by atoms with Gasteiger partial charge in [-0.15, -0.1) is 0 Å². The van der Waals surface area contributed by atoms with E-state index in [2.05, 4.69) is 4.72 Å². The van der Waals surface area contributed by atoms with Gasteiger partial charge in [-0.3, -0.25) is 14.9 Å². The molecule has 2 rings (SSSR count). The van der Waals surface area contributed by atoms with E-state index in [0.29, 0.717) is 42.9 Å². The second kappa shape index (κ2) is 9.92. The number of nitrogen functional groups attached to an aromatic ring is 1. The Balaban J connectivity index is 2.15. The number of rotatable bonds is 11. The van der Waals surface area contributed by atoms with Gasteiger partial charge in [0.25, 0.3) is 0 Å². The van der Waals surface area contributed by atoms with Gasteiger partial charge in [-0.05, 0) is 42.5 Å². The average molecular weight is 420 g/mol. The summed E-state index contributed by atoms with van der Waals surface area (Å²) in [5, 5.41) is 16.1. The van der Waals surface area contributed by atoms with Gasteiger partial charge >= 0.3 is 5.97 Å². The maximum absolute atomic E-state index is 11.7. The number of amidine groups is 1. The zero-order valence-corrected chi connectivity index (χ0v) is 17.0. The van der Waals surface area contributed by atoms with Gasteiger partial charge in [0, 0.05) is 12.0 Å². The van der Waals surface area contributed by atoms with Crippen molar-refractivity contribution < 1.29 is 23.1 Å². The predicted molar refractivity (Wildman–Crippen MR) is 113 cm³/mol. The lowest BCUT2D eigenvalue weighted by molar-refractivity contribution is -0.137. The van der Waals surface area contributed by atoms with Crippen molar-refractivity contribution in [3.8, 4) is 16.9 Å². The highest BCUT2D eigenvalue weighted by Gasteiger charge is 2.11. The maximum atomic E-state index is 11.7. The van der Waals surface area contributed by atoms with Crippen LogP contribution in [0, 0.1) is 5.41 Å². The van der Waals surface area contributed by atoms with Crippen LogP contribution in [0.15, 0.2) is 42.5 Å². The molecular weight excluding hydrogens is 394 g/mol. The molecule has 0 bridgehead atoms. The number of unbranched alkanes of at least 4 members (excludes halogenated alkanes) is 2. The number of aliphatic carboxylic acids is 1. The average Bonchev–Trinajstić information content (AvgIpc) is 2.64. The molecule has 29 heavy (non-hydrogen) atoms. The largest absolute Gasteiger partial charge is 0.491 e. The summed E-state index contributed by atoms with van der Waals surface area (Å²) in [6.45, 7) is 0.352. The van der Waals surface area contributed by atoms with Crippen molar-refractivity contribution in [1.29, 1.82) is 5.41 Å². The number of nitrogens with one attached hydrogen (secondary N) is 2. The molecular formula is C20H25N3O5S. The van der Waals surface area contributed by atoms with Crippen LogP contribution in [-0.4, -0.2) is 38.2 Å². The third kappa shape index (κ3) is 7.46.